The molecule has 8 heteroatoms. The van der Waals surface area contributed by atoms with Crippen LogP contribution in [0.25, 0.3) is 0 Å². The molecule has 0 spiro atoms. The van der Waals surface area contributed by atoms with Gasteiger partial charge in [0.05, 0.1) is 13.2 Å². The Balaban J connectivity index is 1.88. The Morgan fingerprint density at radius 2 is 1.70 bits per heavy atom. The fourth-order valence-corrected chi connectivity index (χ4v) is 5.14. The Labute approximate surface area is 203 Å². The zero-order valence-corrected chi connectivity index (χ0v) is 21.1. The summed E-state index contributed by atoms with van der Waals surface area (Å²) in [5.74, 6) is -0.195. The Bertz CT molecular complexity index is 1200. The maximum Gasteiger partial charge on any atom is 0.244 e. The van der Waals surface area contributed by atoms with E-state index in [1.165, 1.54) is 13.2 Å². The largest absolute Gasteiger partial charge is 0.495 e. The normalized spacial score (nSPS) is 13.2. The number of amides is 1. The molecule has 3 aromatic carbocycles. The average molecular weight is 531 g/mol. The maximum atomic E-state index is 13.3. The number of sulfonamides is 1. The van der Waals surface area contributed by atoms with E-state index in [0.29, 0.717) is 0 Å². The number of hydrogen-bond donors (Lipinski definition) is 2. The smallest absolute Gasteiger partial charge is 0.244 e. The first kappa shape index (κ1) is 25.0. The molecule has 0 saturated heterocycles. The van der Waals surface area contributed by atoms with E-state index in [9.17, 15) is 13.2 Å². The summed E-state index contributed by atoms with van der Waals surface area (Å²) in [6.07, 6.45) is 0.201. The molecule has 0 fully saturated rings. The first-order valence-corrected chi connectivity index (χ1v) is 12.7. The fourth-order valence-electron chi connectivity index (χ4n) is 3.43. The highest BCUT2D eigenvalue weighted by Gasteiger charge is 2.29. The van der Waals surface area contributed by atoms with E-state index in [1.54, 1.807) is 19.1 Å². The molecule has 0 aromatic heterocycles. The van der Waals surface area contributed by atoms with Crippen LogP contribution in [0.3, 0.4) is 0 Å². The topological polar surface area (TPSA) is 84.5 Å². The van der Waals surface area contributed by atoms with Gasteiger partial charge in [0.15, 0.2) is 0 Å². The number of ether oxygens (including phenoxy) is 1. The number of carbonyl (C=O) groups is 1. The van der Waals surface area contributed by atoms with Crippen molar-refractivity contribution >= 4 is 31.9 Å². The monoisotopic (exact) mass is 530 g/mol. The van der Waals surface area contributed by atoms with Crippen LogP contribution in [0.15, 0.2) is 82.2 Å². The molecule has 2 atom stereocenters. The molecule has 1 amide bonds. The van der Waals surface area contributed by atoms with Crippen LogP contribution in [0.4, 0.5) is 0 Å². The van der Waals surface area contributed by atoms with Crippen molar-refractivity contribution < 1.29 is 17.9 Å². The van der Waals surface area contributed by atoms with Crippen molar-refractivity contribution in [1.29, 1.82) is 0 Å². The van der Waals surface area contributed by atoms with Gasteiger partial charge in [-0.3, -0.25) is 4.79 Å². The number of rotatable bonds is 9. The number of hydrogen-bond acceptors (Lipinski definition) is 4. The average Bonchev–Trinajstić information content (AvgIpc) is 2.79. The zero-order chi connectivity index (χ0) is 24.0. The van der Waals surface area contributed by atoms with E-state index in [0.717, 1.165) is 21.2 Å². The Morgan fingerprint density at radius 1 is 1.03 bits per heavy atom. The minimum Gasteiger partial charge on any atom is -0.495 e. The van der Waals surface area contributed by atoms with Gasteiger partial charge in [0.25, 0.3) is 0 Å². The van der Waals surface area contributed by atoms with Gasteiger partial charge < -0.3 is 10.1 Å². The summed E-state index contributed by atoms with van der Waals surface area (Å²) in [5.41, 5.74) is 2.52. The molecule has 0 heterocycles. The van der Waals surface area contributed by atoms with Crippen molar-refractivity contribution in [3.8, 4) is 5.75 Å². The zero-order valence-electron chi connectivity index (χ0n) is 18.7. The van der Waals surface area contributed by atoms with Gasteiger partial charge in [0, 0.05) is 4.47 Å². The van der Waals surface area contributed by atoms with Crippen LogP contribution >= 0.6 is 15.9 Å². The third-order valence-electron chi connectivity index (χ3n) is 5.23. The second-order valence-electron chi connectivity index (χ2n) is 7.80. The van der Waals surface area contributed by atoms with Gasteiger partial charge in [-0.25, -0.2) is 8.42 Å². The molecule has 174 valence electrons. The number of halogens is 1. The van der Waals surface area contributed by atoms with Crippen LogP contribution in [0.2, 0.25) is 0 Å². The van der Waals surface area contributed by atoms with E-state index < -0.39 is 22.0 Å². The SMILES string of the molecule is COc1ccc(C)cc1S(=O)(=O)N[C@H](Cc1ccccc1)C(=O)N[C@@H](C)c1ccc(Br)cc1. The fraction of sp³-hybridized carbons (Fsp3) is 0.240. The molecule has 0 unspecified atom stereocenters. The van der Waals surface area contributed by atoms with Crippen LogP contribution in [0.5, 0.6) is 5.75 Å². The maximum absolute atomic E-state index is 13.3. The summed E-state index contributed by atoms with van der Waals surface area (Å²) in [6.45, 7) is 3.66. The molecule has 0 saturated carbocycles. The molecule has 33 heavy (non-hydrogen) atoms. The highest BCUT2D eigenvalue weighted by atomic mass is 79.9. The third kappa shape index (κ3) is 6.66. The number of nitrogens with one attached hydrogen (secondary N) is 2. The molecular weight excluding hydrogens is 504 g/mol. The predicted octanol–water partition coefficient (Wildman–Crippen LogP) is 4.53. The van der Waals surface area contributed by atoms with Gasteiger partial charge in [-0.15, -0.1) is 0 Å². The van der Waals surface area contributed by atoms with Crippen molar-refractivity contribution in [3.63, 3.8) is 0 Å². The lowest BCUT2D eigenvalue weighted by Crippen LogP contribution is -2.48. The van der Waals surface area contributed by atoms with Crippen LogP contribution in [0, 0.1) is 6.92 Å². The van der Waals surface area contributed by atoms with Crippen LogP contribution < -0.4 is 14.8 Å². The summed E-state index contributed by atoms with van der Waals surface area (Å²) >= 11 is 3.40. The van der Waals surface area contributed by atoms with E-state index in [1.807, 2.05) is 61.5 Å². The van der Waals surface area contributed by atoms with Gasteiger partial charge in [0.1, 0.15) is 16.7 Å². The van der Waals surface area contributed by atoms with Gasteiger partial charge >= 0.3 is 0 Å². The molecule has 0 aliphatic rings. The Kier molecular flexibility index (Phi) is 8.29. The molecule has 6 nitrogen and oxygen atoms in total. The van der Waals surface area contributed by atoms with Crippen LogP contribution in [-0.2, 0) is 21.2 Å². The molecular formula is C25H27BrN2O4S. The molecule has 3 aromatic rings. The first-order chi connectivity index (χ1) is 15.7. The predicted molar refractivity (Wildman–Crippen MR) is 133 cm³/mol. The van der Waals surface area contributed by atoms with Crippen molar-refractivity contribution in [2.24, 2.45) is 0 Å². The number of benzene rings is 3. The molecule has 0 aliphatic heterocycles. The van der Waals surface area contributed by atoms with E-state index in [-0.39, 0.29) is 23.1 Å². The second-order valence-corrected chi connectivity index (χ2v) is 10.4. The van der Waals surface area contributed by atoms with Gasteiger partial charge in [0.2, 0.25) is 15.9 Å². The van der Waals surface area contributed by atoms with Gasteiger partial charge in [-0.2, -0.15) is 4.72 Å². The van der Waals surface area contributed by atoms with Crippen molar-refractivity contribution in [3.05, 3.63) is 94.0 Å². The summed E-state index contributed by atoms with van der Waals surface area (Å²) in [6, 6.07) is 20.5. The minimum absolute atomic E-state index is 0.00294. The van der Waals surface area contributed by atoms with Gasteiger partial charge in [-0.1, -0.05) is 64.5 Å². The van der Waals surface area contributed by atoms with Crippen LogP contribution in [0.1, 0.15) is 29.7 Å². The number of carbonyl (C=O) groups excluding carboxylic acids is 1. The number of aryl methyl sites for hydroxylation is 1. The minimum atomic E-state index is -4.04. The highest BCUT2D eigenvalue weighted by Crippen LogP contribution is 2.25. The molecule has 0 bridgehead atoms. The van der Waals surface area contributed by atoms with Gasteiger partial charge in [-0.05, 0) is 61.2 Å². The summed E-state index contributed by atoms with van der Waals surface area (Å²) in [7, 11) is -2.62. The lowest BCUT2D eigenvalue weighted by atomic mass is 10.0. The van der Waals surface area contributed by atoms with Crippen molar-refractivity contribution in [1.82, 2.24) is 10.0 Å². The number of methoxy groups -OCH3 is 1. The van der Waals surface area contributed by atoms with E-state index in [2.05, 4.69) is 26.0 Å². The standard InChI is InChI=1S/C25H27BrN2O4S/c1-17-9-14-23(32-3)24(15-17)33(30,31)28-22(16-19-7-5-4-6-8-19)25(29)27-18(2)20-10-12-21(26)13-11-20/h4-15,18,22,28H,16H2,1-3H3,(H,27,29)/t18-,22+/m0/s1. The lowest BCUT2D eigenvalue weighted by molar-refractivity contribution is -0.123. The second kappa shape index (κ2) is 11.0. The van der Waals surface area contributed by atoms with Crippen LogP contribution in [-0.4, -0.2) is 27.5 Å². The molecule has 0 aliphatic carbocycles. The highest BCUT2D eigenvalue weighted by molar-refractivity contribution is 9.10. The first-order valence-electron chi connectivity index (χ1n) is 10.5. The lowest BCUT2D eigenvalue weighted by Gasteiger charge is -2.22. The third-order valence-corrected chi connectivity index (χ3v) is 7.26. The molecule has 2 N–H and O–H groups in total. The molecule has 0 radical (unpaired) electrons. The Morgan fingerprint density at radius 3 is 2.33 bits per heavy atom. The molecule has 3 rings (SSSR count). The van der Waals surface area contributed by atoms with E-state index >= 15 is 0 Å². The Hall–Kier alpha value is -2.68. The van der Waals surface area contributed by atoms with E-state index in [4.69, 9.17) is 4.74 Å². The van der Waals surface area contributed by atoms with Crippen molar-refractivity contribution in [2.45, 2.75) is 37.2 Å². The van der Waals surface area contributed by atoms with Crippen molar-refractivity contribution in [2.75, 3.05) is 7.11 Å². The summed E-state index contributed by atoms with van der Waals surface area (Å²) in [4.78, 5) is 13.2. The summed E-state index contributed by atoms with van der Waals surface area (Å²) in [5, 5.41) is 2.94. The summed E-state index contributed by atoms with van der Waals surface area (Å²) < 4.78 is 35.4. The quantitative estimate of drug-likeness (QED) is 0.425.